The van der Waals surface area contributed by atoms with Gasteiger partial charge in [0.2, 0.25) is 0 Å². The number of para-hydroxylation sites is 1. The fourth-order valence-electron chi connectivity index (χ4n) is 3.37. The molecule has 0 spiro atoms. The highest BCUT2D eigenvalue weighted by molar-refractivity contribution is 6.30. The normalized spacial score (nSPS) is 10.9. The minimum Gasteiger partial charge on any atom is -0.330 e. The molecule has 1 amide bonds. The highest BCUT2D eigenvalue weighted by Crippen LogP contribution is 2.30. The average molecular weight is 407 g/mol. The molecule has 0 saturated carbocycles. The molecule has 3 aromatic carbocycles. The number of halogens is 2. The number of aryl methyl sites for hydroxylation is 1. The summed E-state index contributed by atoms with van der Waals surface area (Å²) < 4.78 is 15.8. The number of nitrogens with zero attached hydrogens (tertiary/aromatic N) is 1. The van der Waals surface area contributed by atoms with Crippen molar-refractivity contribution in [2.75, 3.05) is 5.32 Å². The Morgan fingerprint density at radius 2 is 1.72 bits per heavy atom. The van der Waals surface area contributed by atoms with Crippen LogP contribution in [0.5, 0.6) is 0 Å². The number of fused-ring (bicyclic) bond motifs is 1. The Labute approximate surface area is 171 Å². The Balaban J connectivity index is 1.98. The van der Waals surface area contributed by atoms with Crippen LogP contribution in [0.2, 0.25) is 5.02 Å². The topological polar surface area (TPSA) is 51.1 Å². The van der Waals surface area contributed by atoms with Gasteiger partial charge in [0.25, 0.3) is 5.91 Å². The summed E-state index contributed by atoms with van der Waals surface area (Å²) in [5.74, 6) is -1.01. The van der Waals surface area contributed by atoms with Crippen molar-refractivity contribution < 1.29 is 9.18 Å². The number of nitrogens with one attached hydrogen (secondary N) is 1. The van der Waals surface area contributed by atoms with E-state index in [-0.39, 0.29) is 16.8 Å². The molecule has 0 atom stereocenters. The first kappa shape index (κ1) is 18.9. The van der Waals surface area contributed by atoms with E-state index in [9.17, 15) is 14.0 Å². The molecule has 144 valence electrons. The second-order valence-corrected chi connectivity index (χ2v) is 7.01. The third-order valence-electron chi connectivity index (χ3n) is 4.77. The molecule has 1 aromatic heterocycles. The van der Waals surface area contributed by atoms with Crippen molar-refractivity contribution >= 4 is 34.2 Å². The summed E-state index contributed by atoms with van der Waals surface area (Å²) in [7, 11) is 1.74. The van der Waals surface area contributed by atoms with Gasteiger partial charge < -0.3 is 9.88 Å². The van der Waals surface area contributed by atoms with E-state index in [4.69, 9.17) is 11.6 Å². The van der Waals surface area contributed by atoms with Gasteiger partial charge in [-0.25, -0.2) is 4.39 Å². The van der Waals surface area contributed by atoms with Gasteiger partial charge in [-0.2, -0.15) is 0 Å². The molecule has 0 radical (unpaired) electrons. The van der Waals surface area contributed by atoms with E-state index in [1.165, 1.54) is 18.2 Å². The van der Waals surface area contributed by atoms with Crippen LogP contribution in [0.1, 0.15) is 10.4 Å². The summed E-state index contributed by atoms with van der Waals surface area (Å²) in [6, 6.07) is 19.6. The van der Waals surface area contributed by atoms with Crippen LogP contribution in [0.3, 0.4) is 0 Å². The van der Waals surface area contributed by atoms with Crippen LogP contribution in [0, 0.1) is 5.82 Å². The van der Waals surface area contributed by atoms with Crippen LogP contribution in [0.4, 0.5) is 10.2 Å². The van der Waals surface area contributed by atoms with Crippen LogP contribution in [-0.2, 0) is 7.05 Å². The average Bonchev–Trinajstić information content (AvgIpc) is 2.72. The molecule has 29 heavy (non-hydrogen) atoms. The van der Waals surface area contributed by atoms with Crippen molar-refractivity contribution in [1.82, 2.24) is 4.57 Å². The van der Waals surface area contributed by atoms with Crippen molar-refractivity contribution in [1.29, 1.82) is 0 Å². The lowest BCUT2D eigenvalue weighted by Crippen LogP contribution is -2.22. The maximum absolute atomic E-state index is 14.1. The Morgan fingerprint density at radius 1 is 1.00 bits per heavy atom. The number of hydrogen-bond donors (Lipinski definition) is 1. The monoisotopic (exact) mass is 406 g/mol. The number of carbonyl (C=O) groups excluding carboxylic acids is 1. The largest absolute Gasteiger partial charge is 0.330 e. The van der Waals surface area contributed by atoms with E-state index in [0.29, 0.717) is 27.1 Å². The van der Waals surface area contributed by atoms with Gasteiger partial charge in [-0.05, 0) is 42.0 Å². The summed E-state index contributed by atoms with van der Waals surface area (Å²) in [5.41, 5.74) is 1.15. The Hall–Kier alpha value is -3.44. The van der Waals surface area contributed by atoms with Gasteiger partial charge in [0, 0.05) is 17.5 Å². The molecule has 0 aliphatic carbocycles. The molecular formula is C23H16ClFN2O2. The van der Waals surface area contributed by atoms with E-state index in [1.807, 2.05) is 6.07 Å². The van der Waals surface area contributed by atoms with E-state index >= 15 is 0 Å². The Kier molecular flexibility index (Phi) is 4.91. The summed E-state index contributed by atoms with van der Waals surface area (Å²) in [6.07, 6.45) is 0. The molecule has 1 N–H and O–H groups in total. The number of carbonyl (C=O) groups is 1. The molecule has 1 heterocycles. The van der Waals surface area contributed by atoms with E-state index < -0.39 is 11.7 Å². The number of amides is 1. The standard InChI is InChI=1S/C23H16ClFN2O2/c1-27-19-12-5-3-10-17(19)21(28)20(14-7-6-8-15(24)13-14)22(27)26-23(29)16-9-2-4-11-18(16)25/h2-13H,1H3,(H,26,29). The zero-order chi connectivity index (χ0) is 20.5. The third-order valence-corrected chi connectivity index (χ3v) is 5.01. The number of benzene rings is 3. The summed E-state index contributed by atoms with van der Waals surface area (Å²) >= 11 is 6.13. The lowest BCUT2D eigenvalue weighted by molar-refractivity contribution is 0.102. The maximum atomic E-state index is 14.1. The fourth-order valence-corrected chi connectivity index (χ4v) is 3.56. The molecule has 4 aromatic rings. The number of rotatable bonds is 3. The molecule has 0 fully saturated rings. The van der Waals surface area contributed by atoms with E-state index in [1.54, 1.807) is 60.1 Å². The molecule has 0 saturated heterocycles. The van der Waals surface area contributed by atoms with Crippen LogP contribution in [-0.4, -0.2) is 10.5 Å². The van der Waals surface area contributed by atoms with Crippen molar-refractivity contribution in [3.63, 3.8) is 0 Å². The summed E-state index contributed by atoms with van der Waals surface area (Å²) in [4.78, 5) is 26.1. The first-order valence-corrected chi connectivity index (χ1v) is 9.28. The van der Waals surface area contributed by atoms with Crippen molar-refractivity contribution in [3.8, 4) is 11.1 Å². The molecule has 4 nitrogen and oxygen atoms in total. The van der Waals surface area contributed by atoms with Gasteiger partial charge in [-0.3, -0.25) is 9.59 Å². The summed E-state index contributed by atoms with van der Waals surface area (Å²) in [6.45, 7) is 0. The fraction of sp³-hybridized carbons (Fsp3) is 0.0435. The second kappa shape index (κ2) is 7.53. The smallest absolute Gasteiger partial charge is 0.259 e. The van der Waals surface area contributed by atoms with Crippen molar-refractivity contribution in [2.45, 2.75) is 0 Å². The van der Waals surface area contributed by atoms with Crippen LogP contribution in [0.15, 0.2) is 77.6 Å². The predicted octanol–water partition coefficient (Wildman–Crippen LogP) is 5.25. The number of aromatic nitrogens is 1. The minimum atomic E-state index is -0.642. The molecular weight excluding hydrogens is 391 g/mol. The predicted molar refractivity (Wildman–Crippen MR) is 114 cm³/mol. The second-order valence-electron chi connectivity index (χ2n) is 6.57. The first-order valence-electron chi connectivity index (χ1n) is 8.91. The lowest BCUT2D eigenvalue weighted by Gasteiger charge is -2.18. The van der Waals surface area contributed by atoms with Gasteiger partial charge >= 0.3 is 0 Å². The quantitative estimate of drug-likeness (QED) is 0.505. The third kappa shape index (κ3) is 3.41. The minimum absolute atomic E-state index is 0.106. The zero-order valence-electron chi connectivity index (χ0n) is 15.4. The van der Waals surface area contributed by atoms with Gasteiger partial charge in [-0.15, -0.1) is 0 Å². The lowest BCUT2D eigenvalue weighted by atomic mass is 10.0. The Bertz CT molecular complexity index is 1310. The highest BCUT2D eigenvalue weighted by Gasteiger charge is 2.20. The van der Waals surface area contributed by atoms with Gasteiger partial charge in [0.15, 0.2) is 5.43 Å². The van der Waals surface area contributed by atoms with Gasteiger partial charge in [0.05, 0.1) is 16.6 Å². The molecule has 0 aliphatic rings. The number of anilines is 1. The van der Waals surface area contributed by atoms with Gasteiger partial charge in [-0.1, -0.05) is 48.0 Å². The van der Waals surface area contributed by atoms with Crippen LogP contribution < -0.4 is 10.7 Å². The van der Waals surface area contributed by atoms with Crippen LogP contribution in [0.25, 0.3) is 22.0 Å². The SMILES string of the molecule is Cn1c(NC(=O)c2ccccc2F)c(-c2cccc(Cl)c2)c(=O)c2ccccc21. The molecule has 6 heteroatoms. The van der Waals surface area contributed by atoms with E-state index in [0.717, 1.165) is 0 Å². The highest BCUT2D eigenvalue weighted by atomic mass is 35.5. The summed E-state index contributed by atoms with van der Waals surface area (Å²) in [5, 5.41) is 3.70. The molecule has 0 aliphatic heterocycles. The molecule has 0 unspecified atom stereocenters. The first-order chi connectivity index (χ1) is 14.0. The van der Waals surface area contributed by atoms with Gasteiger partial charge in [0.1, 0.15) is 11.6 Å². The zero-order valence-corrected chi connectivity index (χ0v) is 16.2. The van der Waals surface area contributed by atoms with Crippen molar-refractivity contribution in [2.24, 2.45) is 7.05 Å². The van der Waals surface area contributed by atoms with E-state index in [2.05, 4.69) is 5.32 Å². The molecule has 4 rings (SSSR count). The molecule has 0 bridgehead atoms. The number of pyridine rings is 1. The maximum Gasteiger partial charge on any atom is 0.259 e. The number of hydrogen-bond acceptors (Lipinski definition) is 2. The van der Waals surface area contributed by atoms with Crippen molar-refractivity contribution in [3.05, 3.63) is 99.4 Å². The Morgan fingerprint density at radius 3 is 2.48 bits per heavy atom. The van der Waals surface area contributed by atoms with Crippen LogP contribution >= 0.6 is 11.6 Å².